The third kappa shape index (κ3) is 5.17. The van der Waals surface area contributed by atoms with Crippen LogP contribution in [-0.2, 0) is 13.1 Å². The van der Waals surface area contributed by atoms with Gasteiger partial charge in [-0.25, -0.2) is 0 Å². The van der Waals surface area contributed by atoms with E-state index in [9.17, 15) is 15.3 Å². The van der Waals surface area contributed by atoms with Crippen molar-refractivity contribution in [3.63, 3.8) is 0 Å². The van der Waals surface area contributed by atoms with Gasteiger partial charge < -0.3 is 15.3 Å². The van der Waals surface area contributed by atoms with Crippen LogP contribution in [0.5, 0.6) is 11.5 Å². The van der Waals surface area contributed by atoms with E-state index in [1.807, 2.05) is 89.8 Å². The second-order valence-corrected chi connectivity index (χ2v) is 7.85. The Morgan fingerprint density at radius 2 is 0.969 bits per heavy atom. The molecule has 0 aliphatic carbocycles. The maximum atomic E-state index is 10.5. The highest BCUT2D eigenvalue weighted by atomic mass is 16.3. The van der Waals surface area contributed by atoms with E-state index in [1.54, 1.807) is 12.1 Å². The van der Waals surface area contributed by atoms with Crippen LogP contribution in [0.3, 0.4) is 0 Å². The molecule has 32 heavy (non-hydrogen) atoms. The van der Waals surface area contributed by atoms with Crippen LogP contribution in [0.15, 0.2) is 97.1 Å². The topological polar surface area (TPSA) is 63.9 Å². The number of benzene rings is 4. The van der Waals surface area contributed by atoms with Gasteiger partial charge in [0.15, 0.2) is 0 Å². The van der Waals surface area contributed by atoms with Crippen molar-refractivity contribution in [1.82, 2.24) is 4.90 Å². The van der Waals surface area contributed by atoms with Gasteiger partial charge in [0, 0.05) is 30.8 Å². The first-order chi connectivity index (χ1) is 15.6. The molecule has 4 heteroatoms. The van der Waals surface area contributed by atoms with Crippen LogP contribution in [-0.4, -0.2) is 33.4 Å². The zero-order valence-corrected chi connectivity index (χ0v) is 17.9. The van der Waals surface area contributed by atoms with Crippen LogP contribution in [0, 0.1) is 0 Å². The van der Waals surface area contributed by atoms with Gasteiger partial charge in [0.2, 0.25) is 0 Å². The van der Waals surface area contributed by atoms with Crippen LogP contribution < -0.4 is 0 Å². The molecule has 4 rings (SSSR count). The highest BCUT2D eigenvalue weighted by Gasteiger charge is 2.14. The highest BCUT2D eigenvalue weighted by molar-refractivity contribution is 5.66. The Balaban J connectivity index is 1.59. The molecule has 0 aromatic heterocycles. The Morgan fingerprint density at radius 1 is 0.531 bits per heavy atom. The molecule has 0 aliphatic heterocycles. The molecule has 3 N–H and O–H groups in total. The Hall–Kier alpha value is -3.60. The Labute approximate surface area is 188 Å². The van der Waals surface area contributed by atoms with Gasteiger partial charge in [0.1, 0.15) is 11.5 Å². The third-order valence-corrected chi connectivity index (χ3v) is 5.58. The first kappa shape index (κ1) is 21.6. The fourth-order valence-corrected chi connectivity index (χ4v) is 3.88. The van der Waals surface area contributed by atoms with E-state index in [2.05, 4.69) is 0 Å². The first-order valence-electron chi connectivity index (χ1n) is 10.7. The molecule has 4 aromatic carbocycles. The van der Waals surface area contributed by atoms with Crippen molar-refractivity contribution in [3.8, 4) is 33.8 Å². The first-order valence-corrected chi connectivity index (χ1v) is 10.7. The van der Waals surface area contributed by atoms with Gasteiger partial charge in [-0.3, -0.25) is 4.90 Å². The van der Waals surface area contributed by atoms with Crippen molar-refractivity contribution in [2.75, 3.05) is 13.2 Å². The highest BCUT2D eigenvalue weighted by Crippen LogP contribution is 2.30. The minimum Gasteiger partial charge on any atom is -0.508 e. The van der Waals surface area contributed by atoms with Gasteiger partial charge in [0.25, 0.3) is 0 Å². The molecular formula is C28H27NO3. The third-order valence-electron chi connectivity index (χ3n) is 5.58. The van der Waals surface area contributed by atoms with Crippen molar-refractivity contribution >= 4 is 0 Å². The predicted octanol–water partition coefficient (Wildman–Crippen LogP) is 5.43. The molecule has 4 nitrogen and oxygen atoms in total. The summed E-state index contributed by atoms with van der Waals surface area (Å²) < 4.78 is 0. The summed E-state index contributed by atoms with van der Waals surface area (Å²) in [6.45, 7) is 1.30. The molecule has 162 valence electrons. The average Bonchev–Trinajstić information content (AvgIpc) is 2.83. The van der Waals surface area contributed by atoms with Crippen molar-refractivity contribution in [2.45, 2.75) is 13.1 Å². The summed E-state index contributed by atoms with van der Waals surface area (Å²) in [5, 5.41) is 30.6. The van der Waals surface area contributed by atoms with Crippen LogP contribution in [0.1, 0.15) is 11.1 Å². The molecule has 0 bridgehead atoms. The summed E-state index contributed by atoms with van der Waals surface area (Å²) in [6.07, 6.45) is 0. The second-order valence-electron chi connectivity index (χ2n) is 7.85. The maximum absolute atomic E-state index is 10.5. The normalized spacial score (nSPS) is 11.1. The van der Waals surface area contributed by atoms with E-state index in [0.717, 1.165) is 33.4 Å². The second kappa shape index (κ2) is 10.1. The molecule has 0 unspecified atom stereocenters. The molecule has 4 aromatic rings. The lowest BCUT2D eigenvalue weighted by atomic mass is 10.0. The van der Waals surface area contributed by atoms with E-state index in [1.165, 1.54) is 0 Å². The Morgan fingerprint density at radius 3 is 1.38 bits per heavy atom. The lowest BCUT2D eigenvalue weighted by molar-refractivity contribution is 0.182. The van der Waals surface area contributed by atoms with Gasteiger partial charge in [-0.05, 0) is 46.5 Å². The quantitative estimate of drug-likeness (QED) is 0.352. The predicted molar refractivity (Wildman–Crippen MR) is 128 cm³/mol. The minimum absolute atomic E-state index is 0.0156. The SMILES string of the molecule is OCCN(Cc1cc(-c2ccccc2)ccc1O)Cc1cc(-c2ccccc2)ccc1O. The number of aliphatic hydroxyl groups is 1. The Kier molecular flexibility index (Phi) is 6.85. The van der Waals surface area contributed by atoms with E-state index in [-0.39, 0.29) is 18.1 Å². The number of aliphatic hydroxyl groups excluding tert-OH is 1. The summed E-state index contributed by atoms with van der Waals surface area (Å²) in [5.74, 6) is 0.435. The average molecular weight is 426 g/mol. The number of hydrogen-bond donors (Lipinski definition) is 3. The van der Waals surface area contributed by atoms with Gasteiger partial charge in [-0.15, -0.1) is 0 Å². The summed E-state index contributed by atoms with van der Waals surface area (Å²) in [5.41, 5.74) is 5.76. The van der Waals surface area contributed by atoms with Crippen LogP contribution in [0.25, 0.3) is 22.3 Å². The molecule has 0 aliphatic rings. The number of nitrogens with zero attached hydrogens (tertiary/aromatic N) is 1. The van der Waals surface area contributed by atoms with Gasteiger partial charge in [-0.1, -0.05) is 72.8 Å². The smallest absolute Gasteiger partial charge is 0.120 e. The van der Waals surface area contributed by atoms with Gasteiger partial charge >= 0.3 is 0 Å². The number of aromatic hydroxyl groups is 2. The zero-order chi connectivity index (χ0) is 22.3. The molecule has 0 spiro atoms. The van der Waals surface area contributed by atoms with E-state index >= 15 is 0 Å². The fourth-order valence-electron chi connectivity index (χ4n) is 3.88. The molecule has 0 amide bonds. The molecule has 0 heterocycles. The lowest BCUT2D eigenvalue weighted by Crippen LogP contribution is -2.26. The molecule has 0 radical (unpaired) electrons. The largest absolute Gasteiger partial charge is 0.508 e. The van der Waals surface area contributed by atoms with E-state index < -0.39 is 0 Å². The molecule has 0 saturated heterocycles. The van der Waals surface area contributed by atoms with E-state index in [0.29, 0.717) is 19.6 Å². The van der Waals surface area contributed by atoms with Crippen molar-refractivity contribution < 1.29 is 15.3 Å². The van der Waals surface area contributed by atoms with Crippen LogP contribution in [0.4, 0.5) is 0 Å². The summed E-state index contributed by atoms with van der Waals surface area (Å²) in [6, 6.07) is 31.2. The maximum Gasteiger partial charge on any atom is 0.120 e. The molecule has 0 saturated carbocycles. The summed E-state index contributed by atoms with van der Waals surface area (Å²) in [4.78, 5) is 2.02. The Bertz CT molecular complexity index is 1070. The van der Waals surface area contributed by atoms with Crippen LogP contribution >= 0.6 is 0 Å². The number of hydrogen-bond acceptors (Lipinski definition) is 4. The zero-order valence-electron chi connectivity index (χ0n) is 17.9. The summed E-state index contributed by atoms with van der Waals surface area (Å²) in [7, 11) is 0. The van der Waals surface area contributed by atoms with Gasteiger partial charge in [-0.2, -0.15) is 0 Å². The van der Waals surface area contributed by atoms with E-state index in [4.69, 9.17) is 0 Å². The number of phenolic OH excluding ortho intramolecular Hbond substituents is 2. The number of rotatable bonds is 8. The molecule has 0 atom stereocenters. The number of phenols is 2. The van der Waals surface area contributed by atoms with Crippen molar-refractivity contribution in [2.24, 2.45) is 0 Å². The monoisotopic (exact) mass is 425 g/mol. The standard InChI is InChI=1S/C28H27NO3/c30-16-15-29(19-25-17-23(11-13-27(25)31)21-7-3-1-4-8-21)20-26-18-24(12-14-28(26)32)22-9-5-2-6-10-22/h1-14,17-18,30-32H,15-16,19-20H2. The fraction of sp³-hybridized carbons (Fsp3) is 0.143. The minimum atomic E-state index is -0.0156. The van der Waals surface area contributed by atoms with Crippen molar-refractivity contribution in [1.29, 1.82) is 0 Å². The molecule has 0 fully saturated rings. The molecular weight excluding hydrogens is 398 g/mol. The summed E-state index contributed by atoms with van der Waals surface area (Å²) >= 11 is 0. The lowest BCUT2D eigenvalue weighted by Gasteiger charge is -2.23. The van der Waals surface area contributed by atoms with Crippen molar-refractivity contribution in [3.05, 3.63) is 108 Å². The van der Waals surface area contributed by atoms with Crippen LogP contribution in [0.2, 0.25) is 0 Å². The van der Waals surface area contributed by atoms with Gasteiger partial charge in [0.05, 0.1) is 6.61 Å².